The fourth-order valence-electron chi connectivity index (χ4n) is 1.31. The summed E-state index contributed by atoms with van der Waals surface area (Å²) in [6, 6.07) is 7.99. The molecule has 0 radical (unpaired) electrons. The highest BCUT2D eigenvalue weighted by molar-refractivity contribution is 9.10. The van der Waals surface area contributed by atoms with E-state index in [1.165, 1.54) is 0 Å². The van der Waals surface area contributed by atoms with Crippen molar-refractivity contribution in [3.63, 3.8) is 0 Å². The van der Waals surface area contributed by atoms with Crippen molar-refractivity contribution in [2.24, 2.45) is 0 Å². The third kappa shape index (κ3) is 1.40. The van der Waals surface area contributed by atoms with Crippen LogP contribution in [0, 0.1) is 0 Å². The Bertz CT molecular complexity index is 442. The Morgan fingerprint density at radius 1 is 1.31 bits per heavy atom. The average Bonchev–Trinajstić information content (AvgIpc) is 2.18. The van der Waals surface area contributed by atoms with Crippen molar-refractivity contribution >= 4 is 26.7 Å². The Morgan fingerprint density at radius 3 is 2.85 bits per heavy atom. The second-order valence-electron chi connectivity index (χ2n) is 2.67. The summed E-state index contributed by atoms with van der Waals surface area (Å²) in [6.45, 7) is 0. The molecule has 0 saturated heterocycles. The molecule has 13 heavy (non-hydrogen) atoms. The van der Waals surface area contributed by atoms with E-state index >= 15 is 0 Å². The fraction of sp³-hybridized carbons (Fsp3) is 0.100. The summed E-state index contributed by atoms with van der Waals surface area (Å²) in [7, 11) is 1.65. The van der Waals surface area contributed by atoms with E-state index in [-0.39, 0.29) is 0 Å². The van der Waals surface area contributed by atoms with Crippen LogP contribution in [0.2, 0.25) is 0 Å². The smallest absolute Gasteiger partial charge is 0.159 e. The van der Waals surface area contributed by atoms with Crippen LogP contribution >= 0.6 is 15.9 Å². The molecule has 0 fully saturated rings. The van der Waals surface area contributed by atoms with Crippen molar-refractivity contribution in [1.29, 1.82) is 0 Å². The van der Waals surface area contributed by atoms with Gasteiger partial charge < -0.3 is 4.74 Å². The molecule has 0 amide bonds. The topological polar surface area (TPSA) is 22.1 Å². The third-order valence-corrected chi connectivity index (χ3v) is 2.48. The molecule has 1 aromatic heterocycles. The zero-order chi connectivity index (χ0) is 9.26. The zero-order valence-electron chi connectivity index (χ0n) is 7.12. The molecule has 0 aliphatic rings. The molecular formula is C10H8BrNO. The number of hydrogen-bond acceptors (Lipinski definition) is 2. The lowest BCUT2D eigenvalue weighted by Crippen LogP contribution is -1.88. The van der Waals surface area contributed by atoms with Crippen LogP contribution in [0.3, 0.4) is 0 Å². The summed E-state index contributed by atoms with van der Waals surface area (Å²) in [6.07, 6.45) is 1.82. The molecule has 0 atom stereocenters. The maximum atomic E-state index is 5.25. The first-order valence-electron chi connectivity index (χ1n) is 3.90. The lowest BCUT2D eigenvalue weighted by Gasteiger charge is -2.05. The van der Waals surface area contributed by atoms with E-state index in [0.29, 0.717) is 0 Å². The van der Waals surface area contributed by atoms with Gasteiger partial charge in [0.05, 0.1) is 7.11 Å². The normalized spacial score (nSPS) is 10.3. The first kappa shape index (κ1) is 8.51. The summed E-state index contributed by atoms with van der Waals surface area (Å²) < 4.78 is 5.99. The van der Waals surface area contributed by atoms with Crippen LogP contribution in [0.25, 0.3) is 10.8 Å². The maximum absolute atomic E-state index is 5.25. The van der Waals surface area contributed by atoms with Gasteiger partial charge in [0.1, 0.15) is 4.60 Å². The average molecular weight is 238 g/mol. The molecule has 66 valence electrons. The van der Waals surface area contributed by atoms with Gasteiger partial charge in [0, 0.05) is 17.0 Å². The highest BCUT2D eigenvalue weighted by Crippen LogP contribution is 2.30. The minimum atomic E-state index is 0.744. The van der Waals surface area contributed by atoms with Gasteiger partial charge in [-0.3, -0.25) is 0 Å². The lowest BCUT2D eigenvalue weighted by atomic mass is 10.2. The molecule has 0 spiro atoms. The molecule has 0 N–H and O–H groups in total. The van der Waals surface area contributed by atoms with Gasteiger partial charge in [-0.25, -0.2) is 4.98 Å². The van der Waals surface area contributed by atoms with Gasteiger partial charge >= 0.3 is 0 Å². The Hall–Kier alpha value is -1.09. The van der Waals surface area contributed by atoms with E-state index in [2.05, 4.69) is 20.9 Å². The van der Waals surface area contributed by atoms with Crippen molar-refractivity contribution in [3.05, 3.63) is 35.1 Å². The molecule has 0 aliphatic heterocycles. The Balaban J connectivity index is 2.84. The molecule has 2 rings (SSSR count). The second-order valence-corrected chi connectivity index (χ2v) is 3.42. The molecule has 2 nitrogen and oxygen atoms in total. The third-order valence-electron chi connectivity index (χ3n) is 1.91. The number of nitrogens with zero attached hydrogens (tertiary/aromatic N) is 1. The molecule has 3 heteroatoms. The standard InChI is InChI=1S/C10H8BrNO/c1-13-9-8-5-3-2-4-7(8)6-12-10(9)11/h2-6H,1H3. The molecule has 2 aromatic rings. The Kier molecular flexibility index (Phi) is 2.19. The van der Waals surface area contributed by atoms with Crippen LogP contribution in [0.5, 0.6) is 5.75 Å². The van der Waals surface area contributed by atoms with E-state index in [4.69, 9.17) is 4.74 Å². The highest BCUT2D eigenvalue weighted by Gasteiger charge is 2.05. The van der Waals surface area contributed by atoms with Gasteiger partial charge in [0.25, 0.3) is 0 Å². The number of methoxy groups -OCH3 is 1. The summed E-state index contributed by atoms with van der Waals surface area (Å²) >= 11 is 3.34. The quantitative estimate of drug-likeness (QED) is 0.712. The first-order valence-corrected chi connectivity index (χ1v) is 4.69. The van der Waals surface area contributed by atoms with Gasteiger partial charge in [0.15, 0.2) is 5.75 Å². The van der Waals surface area contributed by atoms with Crippen molar-refractivity contribution in [2.75, 3.05) is 7.11 Å². The molecule has 1 aromatic carbocycles. The largest absolute Gasteiger partial charge is 0.493 e. The second kappa shape index (κ2) is 3.34. The van der Waals surface area contributed by atoms with Gasteiger partial charge in [-0.05, 0) is 15.9 Å². The number of benzene rings is 1. The summed E-state index contributed by atoms with van der Waals surface area (Å²) in [5.41, 5.74) is 0. The first-order chi connectivity index (χ1) is 6.33. The van der Waals surface area contributed by atoms with Crippen LogP contribution in [0.4, 0.5) is 0 Å². The van der Waals surface area contributed by atoms with Gasteiger partial charge in [0.2, 0.25) is 0 Å². The zero-order valence-corrected chi connectivity index (χ0v) is 8.71. The molecular weight excluding hydrogens is 230 g/mol. The van der Waals surface area contributed by atoms with E-state index < -0.39 is 0 Å². The van der Waals surface area contributed by atoms with Crippen molar-refractivity contribution < 1.29 is 4.74 Å². The summed E-state index contributed by atoms with van der Waals surface area (Å²) in [4.78, 5) is 4.17. The van der Waals surface area contributed by atoms with Crippen LogP contribution in [-0.2, 0) is 0 Å². The Labute approximate surface area is 84.7 Å². The number of rotatable bonds is 1. The number of ether oxygens (including phenoxy) is 1. The minimum Gasteiger partial charge on any atom is -0.493 e. The number of pyridine rings is 1. The summed E-state index contributed by atoms with van der Waals surface area (Å²) in [5, 5.41) is 2.16. The van der Waals surface area contributed by atoms with Crippen LogP contribution in [-0.4, -0.2) is 12.1 Å². The van der Waals surface area contributed by atoms with Crippen LogP contribution < -0.4 is 4.74 Å². The van der Waals surface area contributed by atoms with E-state index in [0.717, 1.165) is 21.1 Å². The monoisotopic (exact) mass is 237 g/mol. The summed E-state index contributed by atoms with van der Waals surface area (Å²) in [5.74, 6) is 0.790. The minimum absolute atomic E-state index is 0.744. The highest BCUT2D eigenvalue weighted by atomic mass is 79.9. The fourth-order valence-corrected chi connectivity index (χ4v) is 1.78. The number of fused-ring (bicyclic) bond motifs is 1. The van der Waals surface area contributed by atoms with Crippen molar-refractivity contribution in [2.45, 2.75) is 0 Å². The van der Waals surface area contributed by atoms with Crippen molar-refractivity contribution in [1.82, 2.24) is 4.98 Å². The predicted octanol–water partition coefficient (Wildman–Crippen LogP) is 3.01. The van der Waals surface area contributed by atoms with Gasteiger partial charge in [-0.1, -0.05) is 24.3 Å². The molecule has 0 unspecified atom stereocenters. The SMILES string of the molecule is COc1c(Br)ncc2ccccc12. The lowest BCUT2D eigenvalue weighted by molar-refractivity contribution is 0.415. The van der Waals surface area contributed by atoms with Crippen LogP contribution in [0.15, 0.2) is 35.1 Å². The van der Waals surface area contributed by atoms with Gasteiger partial charge in [-0.15, -0.1) is 0 Å². The van der Waals surface area contributed by atoms with Crippen LogP contribution in [0.1, 0.15) is 0 Å². The Morgan fingerprint density at radius 2 is 2.08 bits per heavy atom. The maximum Gasteiger partial charge on any atom is 0.159 e. The number of halogens is 1. The number of aromatic nitrogens is 1. The van der Waals surface area contributed by atoms with E-state index in [1.807, 2.05) is 30.5 Å². The molecule has 0 saturated carbocycles. The molecule has 0 bridgehead atoms. The molecule has 0 aliphatic carbocycles. The van der Waals surface area contributed by atoms with Crippen molar-refractivity contribution in [3.8, 4) is 5.75 Å². The number of hydrogen-bond donors (Lipinski definition) is 0. The molecule has 1 heterocycles. The van der Waals surface area contributed by atoms with E-state index in [1.54, 1.807) is 7.11 Å². The van der Waals surface area contributed by atoms with E-state index in [9.17, 15) is 0 Å². The predicted molar refractivity (Wildman–Crippen MR) is 56.0 cm³/mol. The van der Waals surface area contributed by atoms with Gasteiger partial charge in [-0.2, -0.15) is 0 Å².